The summed E-state index contributed by atoms with van der Waals surface area (Å²) < 4.78 is 38.1. The average molecular weight is 437 g/mol. The molecule has 0 aromatic heterocycles. The van der Waals surface area contributed by atoms with Gasteiger partial charge in [-0.25, -0.2) is 12.8 Å². The van der Waals surface area contributed by atoms with E-state index in [1.54, 1.807) is 18.2 Å². The highest BCUT2D eigenvalue weighted by Gasteiger charge is 2.27. The molecule has 0 aliphatic carbocycles. The molecule has 0 spiro atoms. The first kappa shape index (κ1) is 21.3. The van der Waals surface area contributed by atoms with Crippen LogP contribution in [0.25, 0.3) is 0 Å². The van der Waals surface area contributed by atoms with Crippen LogP contribution in [0.4, 0.5) is 10.1 Å². The van der Waals surface area contributed by atoms with Crippen LogP contribution in [0, 0.1) is 5.82 Å². The van der Waals surface area contributed by atoms with E-state index in [2.05, 4.69) is 10.6 Å². The van der Waals surface area contributed by atoms with E-state index < -0.39 is 15.7 Å². The first-order valence-electron chi connectivity index (χ1n) is 9.14. The zero-order chi connectivity index (χ0) is 21.0. The Hall–Kier alpha value is -2.39. The molecule has 1 aliphatic rings. The molecule has 0 unspecified atom stereocenters. The van der Waals surface area contributed by atoms with Crippen molar-refractivity contribution in [1.29, 1.82) is 0 Å². The number of benzene rings is 2. The number of carbonyl (C=O) groups is 2. The van der Waals surface area contributed by atoms with Crippen molar-refractivity contribution < 1.29 is 22.4 Å². The standard InChI is InChI=1S/C20H21FN2O4S2/c1-2-17-20(25)23-16-11-15(7-8-18(16)28-17)29(26,27)10-9-19(24)22-12-13-3-5-14(21)6-4-13/h3-8,11,17H,2,9-10,12H2,1H3,(H,22,24)(H,23,25)/t17-/m0/s1. The second kappa shape index (κ2) is 8.96. The first-order chi connectivity index (χ1) is 13.8. The van der Waals surface area contributed by atoms with Gasteiger partial charge in [-0.3, -0.25) is 9.59 Å². The second-order valence-electron chi connectivity index (χ2n) is 6.63. The molecule has 0 radical (unpaired) electrons. The summed E-state index contributed by atoms with van der Waals surface area (Å²) in [4.78, 5) is 24.9. The monoisotopic (exact) mass is 436 g/mol. The number of sulfone groups is 1. The van der Waals surface area contributed by atoms with E-state index in [0.717, 1.165) is 10.5 Å². The van der Waals surface area contributed by atoms with Gasteiger partial charge in [-0.2, -0.15) is 0 Å². The van der Waals surface area contributed by atoms with Crippen LogP contribution in [0.1, 0.15) is 25.3 Å². The summed E-state index contributed by atoms with van der Waals surface area (Å²) in [5, 5.41) is 5.19. The van der Waals surface area contributed by atoms with Gasteiger partial charge in [-0.15, -0.1) is 11.8 Å². The average Bonchev–Trinajstić information content (AvgIpc) is 2.71. The number of carbonyl (C=O) groups excluding carboxylic acids is 2. The van der Waals surface area contributed by atoms with Gasteiger partial charge in [0, 0.05) is 17.9 Å². The van der Waals surface area contributed by atoms with Crippen molar-refractivity contribution in [1.82, 2.24) is 5.32 Å². The Bertz CT molecular complexity index is 1020. The number of anilines is 1. The van der Waals surface area contributed by atoms with Crippen molar-refractivity contribution in [2.24, 2.45) is 0 Å². The van der Waals surface area contributed by atoms with Gasteiger partial charge in [0.15, 0.2) is 9.84 Å². The minimum atomic E-state index is -3.68. The maximum absolute atomic E-state index is 12.9. The number of rotatable bonds is 7. The topological polar surface area (TPSA) is 92.3 Å². The van der Waals surface area contributed by atoms with Crippen LogP contribution >= 0.6 is 11.8 Å². The SMILES string of the molecule is CC[C@@H]1Sc2ccc(S(=O)(=O)CCC(=O)NCc3ccc(F)cc3)cc2NC1=O. The van der Waals surface area contributed by atoms with Gasteiger partial charge in [-0.1, -0.05) is 19.1 Å². The fourth-order valence-electron chi connectivity index (χ4n) is 2.83. The minimum Gasteiger partial charge on any atom is -0.352 e. The third-order valence-electron chi connectivity index (χ3n) is 4.50. The van der Waals surface area contributed by atoms with Gasteiger partial charge in [0.05, 0.1) is 21.6 Å². The number of amides is 2. The summed E-state index contributed by atoms with van der Waals surface area (Å²) in [6.07, 6.45) is 0.489. The summed E-state index contributed by atoms with van der Waals surface area (Å²) in [5.74, 6) is -1.26. The van der Waals surface area contributed by atoms with Crippen molar-refractivity contribution in [2.45, 2.75) is 41.4 Å². The molecule has 2 amide bonds. The van der Waals surface area contributed by atoms with Gasteiger partial charge < -0.3 is 10.6 Å². The van der Waals surface area contributed by atoms with Crippen LogP contribution < -0.4 is 10.6 Å². The maximum Gasteiger partial charge on any atom is 0.237 e. The van der Waals surface area contributed by atoms with E-state index in [4.69, 9.17) is 0 Å². The van der Waals surface area contributed by atoms with Crippen LogP contribution in [0.3, 0.4) is 0 Å². The molecule has 1 atom stereocenters. The highest BCUT2D eigenvalue weighted by Crippen LogP contribution is 2.38. The molecule has 2 aromatic rings. The number of halogens is 1. The zero-order valence-electron chi connectivity index (χ0n) is 15.8. The molecular weight excluding hydrogens is 415 g/mol. The van der Waals surface area contributed by atoms with E-state index in [1.165, 1.54) is 36.0 Å². The Balaban J connectivity index is 1.59. The summed E-state index contributed by atoms with van der Waals surface area (Å²) >= 11 is 1.41. The molecule has 3 rings (SSSR count). The number of hydrogen-bond donors (Lipinski definition) is 2. The predicted molar refractivity (Wildman–Crippen MR) is 110 cm³/mol. The molecule has 29 heavy (non-hydrogen) atoms. The Kier molecular flexibility index (Phi) is 6.59. The molecule has 9 heteroatoms. The molecule has 0 saturated carbocycles. The first-order valence-corrected chi connectivity index (χ1v) is 11.7. The van der Waals surface area contributed by atoms with Crippen LogP contribution in [0.5, 0.6) is 0 Å². The van der Waals surface area contributed by atoms with E-state index >= 15 is 0 Å². The highest BCUT2D eigenvalue weighted by molar-refractivity contribution is 8.01. The van der Waals surface area contributed by atoms with Crippen LogP contribution in [-0.4, -0.2) is 31.2 Å². The molecule has 1 aliphatic heterocycles. The molecule has 0 fully saturated rings. The molecule has 1 heterocycles. The zero-order valence-corrected chi connectivity index (χ0v) is 17.4. The van der Waals surface area contributed by atoms with E-state index in [1.807, 2.05) is 6.92 Å². The number of fused-ring (bicyclic) bond motifs is 1. The van der Waals surface area contributed by atoms with Crippen LogP contribution in [-0.2, 0) is 26.0 Å². The quantitative estimate of drug-likeness (QED) is 0.696. The lowest BCUT2D eigenvalue weighted by molar-refractivity contribution is -0.121. The smallest absolute Gasteiger partial charge is 0.237 e. The predicted octanol–water partition coefficient (Wildman–Crippen LogP) is 3.13. The molecule has 6 nitrogen and oxygen atoms in total. The Morgan fingerprint density at radius 1 is 1.21 bits per heavy atom. The highest BCUT2D eigenvalue weighted by atomic mass is 32.2. The summed E-state index contributed by atoms with van der Waals surface area (Å²) in [6.45, 7) is 2.11. The normalized spacial score (nSPS) is 16.1. The van der Waals surface area contributed by atoms with Crippen molar-refractivity contribution in [3.63, 3.8) is 0 Å². The molecule has 154 valence electrons. The summed E-state index contributed by atoms with van der Waals surface area (Å²) in [6, 6.07) is 10.3. The van der Waals surface area contributed by atoms with E-state index in [9.17, 15) is 22.4 Å². The van der Waals surface area contributed by atoms with Crippen molar-refractivity contribution >= 4 is 39.1 Å². The Morgan fingerprint density at radius 2 is 1.93 bits per heavy atom. The van der Waals surface area contributed by atoms with Gasteiger partial charge in [0.2, 0.25) is 11.8 Å². The van der Waals surface area contributed by atoms with Gasteiger partial charge in [-0.05, 0) is 42.3 Å². The number of thioether (sulfide) groups is 1. The number of nitrogens with one attached hydrogen (secondary N) is 2. The lowest BCUT2D eigenvalue weighted by atomic mass is 10.2. The summed E-state index contributed by atoms with van der Waals surface area (Å²) in [5.41, 5.74) is 1.20. The Morgan fingerprint density at radius 3 is 2.62 bits per heavy atom. The van der Waals surface area contributed by atoms with E-state index in [0.29, 0.717) is 12.1 Å². The molecule has 2 N–H and O–H groups in total. The maximum atomic E-state index is 12.9. The number of hydrogen-bond acceptors (Lipinski definition) is 5. The molecular formula is C20H21FN2O4S2. The van der Waals surface area contributed by atoms with Crippen molar-refractivity contribution in [2.75, 3.05) is 11.1 Å². The third kappa shape index (κ3) is 5.36. The summed E-state index contributed by atoms with van der Waals surface area (Å²) in [7, 11) is -3.68. The molecule has 0 bridgehead atoms. The molecule has 2 aromatic carbocycles. The van der Waals surface area contributed by atoms with Gasteiger partial charge in [0.1, 0.15) is 5.82 Å². The van der Waals surface area contributed by atoms with Gasteiger partial charge >= 0.3 is 0 Å². The van der Waals surface area contributed by atoms with Crippen molar-refractivity contribution in [3.05, 3.63) is 53.8 Å². The van der Waals surface area contributed by atoms with E-state index in [-0.39, 0.29) is 40.6 Å². The van der Waals surface area contributed by atoms with Gasteiger partial charge in [0.25, 0.3) is 0 Å². The second-order valence-corrected chi connectivity index (χ2v) is 9.99. The Labute approximate surface area is 173 Å². The minimum absolute atomic E-state index is 0.0680. The largest absolute Gasteiger partial charge is 0.352 e. The fraction of sp³-hybridized carbons (Fsp3) is 0.300. The van der Waals surface area contributed by atoms with Crippen molar-refractivity contribution in [3.8, 4) is 0 Å². The lowest BCUT2D eigenvalue weighted by Crippen LogP contribution is -2.28. The lowest BCUT2D eigenvalue weighted by Gasteiger charge is -2.23. The third-order valence-corrected chi connectivity index (χ3v) is 7.66. The van der Waals surface area contributed by atoms with Crippen LogP contribution in [0.15, 0.2) is 52.3 Å². The fourth-order valence-corrected chi connectivity index (χ4v) is 5.11. The molecule has 0 saturated heterocycles. The van der Waals surface area contributed by atoms with Crippen LogP contribution in [0.2, 0.25) is 0 Å².